The SMILES string of the molecule is COc1c(Cl)cccc1CCS(=O)(=O)F. The van der Waals surface area contributed by atoms with Crippen molar-refractivity contribution in [3.8, 4) is 5.75 Å². The summed E-state index contributed by atoms with van der Waals surface area (Å²) >= 11 is 5.81. The summed E-state index contributed by atoms with van der Waals surface area (Å²) in [7, 11) is -3.03. The highest BCUT2D eigenvalue weighted by Crippen LogP contribution is 2.28. The van der Waals surface area contributed by atoms with Crippen molar-refractivity contribution in [2.45, 2.75) is 6.42 Å². The fraction of sp³-hybridized carbons (Fsp3) is 0.333. The predicted molar refractivity (Wildman–Crippen MR) is 56.6 cm³/mol. The molecular formula is C9H10ClFO3S. The van der Waals surface area contributed by atoms with Gasteiger partial charge < -0.3 is 4.74 Å². The van der Waals surface area contributed by atoms with Crippen LogP contribution in [-0.2, 0) is 16.6 Å². The van der Waals surface area contributed by atoms with Gasteiger partial charge in [-0.15, -0.1) is 3.89 Å². The Morgan fingerprint density at radius 2 is 2.13 bits per heavy atom. The molecule has 3 nitrogen and oxygen atoms in total. The van der Waals surface area contributed by atoms with Crippen LogP contribution in [0.4, 0.5) is 3.89 Å². The van der Waals surface area contributed by atoms with Gasteiger partial charge in [0.25, 0.3) is 0 Å². The fourth-order valence-electron chi connectivity index (χ4n) is 1.21. The van der Waals surface area contributed by atoms with E-state index in [-0.39, 0.29) is 6.42 Å². The normalized spacial score (nSPS) is 11.4. The molecule has 6 heteroatoms. The first-order chi connectivity index (χ1) is 6.94. The first-order valence-corrected chi connectivity index (χ1v) is 6.11. The Morgan fingerprint density at radius 1 is 1.47 bits per heavy atom. The van der Waals surface area contributed by atoms with E-state index in [0.29, 0.717) is 16.3 Å². The number of rotatable bonds is 4. The third-order valence-electron chi connectivity index (χ3n) is 1.87. The van der Waals surface area contributed by atoms with Gasteiger partial charge in [0.1, 0.15) is 5.75 Å². The third kappa shape index (κ3) is 3.68. The van der Waals surface area contributed by atoms with Crippen LogP contribution in [0.3, 0.4) is 0 Å². The van der Waals surface area contributed by atoms with Gasteiger partial charge in [0.2, 0.25) is 0 Å². The maximum absolute atomic E-state index is 12.3. The van der Waals surface area contributed by atoms with Crippen LogP contribution in [0.5, 0.6) is 5.75 Å². The average molecular weight is 253 g/mol. The van der Waals surface area contributed by atoms with Crippen LogP contribution in [0.2, 0.25) is 5.02 Å². The molecule has 0 saturated carbocycles. The Kier molecular flexibility index (Phi) is 3.93. The number of aryl methyl sites for hydroxylation is 1. The number of para-hydroxylation sites is 1. The van der Waals surface area contributed by atoms with Gasteiger partial charge >= 0.3 is 10.2 Å². The highest BCUT2D eigenvalue weighted by molar-refractivity contribution is 7.86. The monoisotopic (exact) mass is 252 g/mol. The van der Waals surface area contributed by atoms with E-state index in [4.69, 9.17) is 16.3 Å². The van der Waals surface area contributed by atoms with Gasteiger partial charge in [0.15, 0.2) is 0 Å². The van der Waals surface area contributed by atoms with E-state index in [1.807, 2.05) is 0 Å². The number of benzene rings is 1. The standard InChI is InChI=1S/C9H10ClFO3S/c1-14-9-7(3-2-4-8(9)10)5-6-15(11,12)13/h2-4H,5-6H2,1H3. The molecule has 84 valence electrons. The van der Waals surface area contributed by atoms with Crippen LogP contribution in [0.25, 0.3) is 0 Å². The Labute approximate surface area is 93.0 Å². The van der Waals surface area contributed by atoms with Gasteiger partial charge in [0, 0.05) is 0 Å². The zero-order chi connectivity index (χ0) is 11.5. The van der Waals surface area contributed by atoms with Crippen molar-refractivity contribution in [2.24, 2.45) is 0 Å². The summed E-state index contributed by atoms with van der Waals surface area (Å²) in [4.78, 5) is 0. The lowest BCUT2D eigenvalue weighted by Gasteiger charge is -2.08. The van der Waals surface area contributed by atoms with Crippen LogP contribution in [0.1, 0.15) is 5.56 Å². The minimum atomic E-state index is -4.46. The first kappa shape index (κ1) is 12.3. The van der Waals surface area contributed by atoms with Crippen molar-refractivity contribution in [1.29, 1.82) is 0 Å². The van der Waals surface area contributed by atoms with Gasteiger partial charge in [-0.3, -0.25) is 0 Å². The minimum absolute atomic E-state index is 0.0442. The molecule has 0 unspecified atom stereocenters. The van der Waals surface area contributed by atoms with Gasteiger partial charge in [-0.05, 0) is 18.1 Å². The molecule has 1 rings (SSSR count). The van der Waals surface area contributed by atoms with Crippen molar-refractivity contribution in [1.82, 2.24) is 0 Å². The largest absolute Gasteiger partial charge is 0.495 e. The fourth-order valence-corrected chi connectivity index (χ4v) is 1.95. The molecule has 0 fully saturated rings. The molecule has 0 bridgehead atoms. The van der Waals surface area contributed by atoms with Gasteiger partial charge in [-0.1, -0.05) is 23.7 Å². The Bertz CT molecular complexity index is 445. The highest BCUT2D eigenvalue weighted by atomic mass is 35.5. The summed E-state index contributed by atoms with van der Waals surface area (Å²) in [5, 5.41) is 0.381. The van der Waals surface area contributed by atoms with Crippen LogP contribution < -0.4 is 4.74 Å². The van der Waals surface area contributed by atoms with Crippen molar-refractivity contribution < 1.29 is 17.0 Å². The molecule has 0 spiro atoms. The molecule has 0 aromatic heterocycles. The molecule has 0 atom stereocenters. The van der Waals surface area contributed by atoms with E-state index in [1.54, 1.807) is 18.2 Å². The first-order valence-electron chi connectivity index (χ1n) is 4.18. The number of ether oxygens (including phenoxy) is 1. The molecular weight excluding hydrogens is 243 g/mol. The second kappa shape index (κ2) is 4.81. The van der Waals surface area contributed by atoms with E-state index in [1.165, 1.54) is 7.11 Å². The minimum Gasteiger partial charge on any atom is -0.495 e. The summed E-state index contributed by atoms with van der Waals surface area (Å²) in [6, 6.07) is 4.93. The van der Waals surface area contributed by atoms with Gasteiger partial charge in [-0.2, -0.15) is 8.42 Å². The summed E-state index contributed by atoms with van der Waals surface area (Å²) in [6.07, 6.45) is 0.0442. The lowest BCUT2D eigenvalue weighted by Crippen LogP contribution is -2.03. The topological polar surface area (TPSA) is 43.4 Å². The molecule has 1 aromatic rings. The molecule has 15 heavy (non-hydrogen) atoms. The number of hydrogen-bond acceptors (Lipinski definition) is 3. The quantitative estimate of drug-likeness (QED) is 0.772. The van der Waals surface area contributed by atoms with Crippen molar-refractivity contribution in [3.05, 3.63) is 28.8 Å². The Morgan fingerprint density at radius 3 is 2.67 bits per heavy atom. The summed E-state index contributed by atoms with van der Waals surface area (Å²) in [5.41, 5.74) is 0.575. The number of methoxy groups -OCH3 is 1. The molecule has 0 saturated heterocycles. The zero-order valence-electron chi connectivity index (χ0n) is 8.04. The molecule has 0 radical (unpaired) electrons. The second-order valence-corrected chi connectivity index (χ2v) is 4.82. The molecule has 0 heterocycles. The van der Waals surface area contributed by atoms with Crippen LogP contribution in [-0.4, -0.2) is 21.3 Å². The van der Waals surface area contributed by atoms with E-state index < -0.39 is 16.0 Å². The Hall–Kier alpha value is -0.810. The van der Waals surface area contributed by atoms with E-state index in [0.717, 1.165) is 0 Å². The molecule has 0 aliphatic heterocycles. The van der Waals surface area contributed by atoms with E-state index in [2.05, 4.69) is 0 Å². The molecule has 1 aromatic carbocycles. The second-order valence-electron chi connectivity index (χ2n) is 2.93. The van der Waals surface area contributed by atoms with Crippen molar-refractivity contribution in [3.63, 3.8) is 0 Å². The van der Waals surface area contributed by atoms with Gasteiger partial charge in [-0.25, -0.2) is 0 Å². The molecule has 0 amide bonds. The zero-order valence-corrected chi connectivity index (χ0v) is 9.61. The Balaban J connectivity index is 2.90. The smallest absolute Gasteiger partial charge is 0.302 e. The van der Waals surface area contributed by atoms with Crippen LogP contribution in [0.15, 0.2) is 18.2 Å². The number of hydrogen-bond donors (Lipinski definition) is 0. The molecule has 0 aliphatic rings. The van der Waals surface area contributed by atoms with Crippen molar-refractivity contribution in [2.75, 3.05) is 12.9 Å². The van der Waals surface area contributed by atoms with Crippen LogP contribution >= 0.6 is 11.6 Å². The van der Waals surface area contributed by atoms with E-state index >= 15 is 0 Å². The highest BCUT2D eigenvalue weighted by Gasteiger charge is 2.12. The summed E-state index contributed by atoms with van der Waals surface area (Å²) in [6.45, 7) is 0. The maximum atomic E-state index is 12.3. The van der Waals surface area contributed by atoms with Crippen LogP contribution in [0, 0.1) is 0 Å². The van der Waals surface area contributed by atoms with Gasteiger partial charge in [0.05, 0.1) is 17.9 Å². The molecule has 0 N–H and O–H groups in total. The average Bonchev–Trinajstić information content (AvgIpc) is 2.13. The molecule has 0 aliphatic carbocycles. The number of halogens is 2. The van der Waals surface area contributed by atoms with E-state index in [9.17, 15) is 12.3 Å². The maximum Gasteiger partial charge on any atom is 0.302 e. The summed E-state index contributed by atoms with van der Waals surface area (Å²) < 4.78 is 38.0. The third-order valence-corrected chi connectivity index (χ3v) is 2.86. The lowest BCUT2D eigenvalue weighted by molar-refractivity contribution is 0.410. The lowest BCUT2D eigenvalue weighted by atomic mass is 10.1. The van der Waals surface area contributed by atoms with Crippen molar-refractivity contribution >= 4 is 21.8 Å². The summed E-state index contributed by atoms with van der Waals surface area (Å²) in [5.74, 6) is -0.174. The predicted octanol–water partition coefficient (Wildman–Crippen LogP) is 2.19.